The van der Waals surface area contributed by atoms with E-state index in [1.165, 1.54) is 24.3 Å². The SMILES string of the molecule is NC(=S)NN=C(c1cc(O)cc(O)c1-c1cccc(Br)c1)c1cc(O)cc(O)c1-c1cccc(Br)c1. The third-order valence-electron chi connectivity index (χ3n) is 5.22. The van der Waals surface area contributed by atoms with Crippen molar-refractivity contribution in [2.45, 2.75) is 0 Å². The van der Waals surface area contributed by atoms with Gasteiger partial charge in [-0.25, -0.2) is 0 Å². The van der Waals surface area contributed by atoms with E-state index in [0.717, 1.165) is 8.95 Å². The van der Waals surface area contributed by atoms with E-state index in [4.69, 9.17) is 18.0 Å². The summed E-state index contributed by atoms with van der Waals surface area (Å²) in [5, 5.41) is 46.9. The average Bonchev–Trinajstić information content (AvgIpc) is 2.78. The Hall–Kier alpha value is -3.60. The highest BCUT2D eigenvalue weighted by Crippen LogP contribution is 2.42. The fourth-order valence-electron chi connectivity index (χ4n) is 3.87. The standard InChI is InChI=1S/C26H19Br2N3O4S/c27-15-5-1-3-13(7-15)23-19(9-17(32)11-21(23)34)25(30-31-26(29)36)20-10-18(33)12-22(35)24(20)14-4-2-6-16(28)8-14/h1-12,32-35H,(H3,29,31,36). The maximum atomic E-state index is 10.9. The summed E-state index contributed by atoms with van der Waals surface area (Å²) < 4.78 is 1.53. The van der Waals surface area contributed by atoms with Gasteiger partial charge in [0.15, 0.2) is 5.11 Å². The Balaban J connectivity index is 2.10. The average molecular weight is 629 g/mol. The van der Waals surface area contributed by atoms with Crippen molar-refractivity contribution in [3.63, 3.8) is 0 Å². The van der Waals surface area contributed by atoms with Crippen LogP contribution in [0.3, 0.4) is 0 Å². The second-order valence-electron chi connectivity index (χ2n) is 7.73. The molecule has 0 saturated heterocycles. The molecule has 0 spiro atoms. The Labute approximate surface area is 228 Å². The topological polar surface area (TPSA) is 131 Å². The Bertz CT molecular complexity index is 1420. The van der Waals surface area contributed by atoms with Crippen molar-refractivity contribution in [1.82, 2.24) is 5.43 Å². The van der Waals surface area contributed by atoms with Crippen molar-refractivity contribution < 1.29 is 20.4 Å². The van der Waals surface area contributed by atoms with Crippen LogP contribution in [0.25, 0.3) is 22.3 Å². The van der Waals surface area contributed by atoms with Crippen molar-refractivity contribution in [1.29, 1.82) is 0 Å². The van der Waals surface area contributed by atoms with Crippen molar-refractivity contribution in [2.24, 2.45) is 10.8 Å². The maximum Gasteiger partial charge on any atom is 0.184 e. The number of hydrazone groups is 1. The summed E-state index contributed by atoms with van der Waals surface area (Å²) >= 11 is 11.8. The van der Waals surface area contributed by atoms with Crippen LogP contribution in [-0.2, 0) is 0 Å². The van der Waals surface area contributed by atoms with Gasteiger partial charge in [-0.1, -0.05) is 56.1 Å². The van der Waals surface area contributed by atoms with E-state index >= 15 is 0 Å². The number of nitrogens with one attached hydrogen (secondary N) is 1. The van der Waals surface area contributed by atoms with Crippen LogP contribution in [0.15, 0.2) is 86.8 Å². The Kier molecular flexibility index (Phi) is 7.48. The summed E-state index contributed by atoms with van der Waals surface area (Å²) in [6.45, 7) is 0. The lowest BCUT2D eigenvalue weighted by Gasteiger charge is -2.19. The van der Waals surface area contributed by atoms with Crippen LogP contribution in [0.1, 0.15) is 11.1 Å². The molecule has 0 radical (unpaired) electrons. The van der Waals surface area contributed by atoms with Crippen LogP contribution in [0, 0.1) is 0 Å². The number of phenols is 4. The zero-order valence-electron chi connectivity index (χ0n) is 18.4. The van der Waals surface area contributed by atoms with Gasteiger partial charge in [-0.15, -0.1) is 0 Å². The molecule has 0 bridgehead atoms. The smallest absolute Gasteiger partial charge is 0.184 e. The number of thiocarbonyl (C=S) groups is 1. The number of rotatable bonds is 5. The van der Waals surface area contributed by atoms with E-state index in [9.17, 15) is 20.4 Å². The molecule has 0 fully saturated rings. The molecule has 182 valence electrons. The Morgan fingerprint density at radius 2 is 1.17 bits per heavy atom. The molecule has 0 aliphatic rings. The first-order valence-corrected chi connectivity index (χ1v) is 12.4. The van der Waals surface area contributed by atoms with Crippen molar-refractivity contribution in [3.05, 3.63) is 92.9 Å². The number of hydrogen-bond acceptors (Lipinski definition) is 6. The highest BCUT2D eigenvalue weighted by molar-refractivity contribution is 9.10. The van der Waals surface area contributed by atoms with E-state index in [0.29, 0.717) is 22.3 Å². The van der Waals surface area contributed by atoms with Gasteiger partial charge in [0, 0.05) is 43.3 Å². The number of nitrogens with two attached hydrogens (primary N) is 1. The molecule has 10 heteroatoms. The third-order valence-corrected chi connectivity index (χ3v) is 6.30. The van der Waals surface area contributed by atoms with Gasteiger partial charge in [0.05, 0.1) is 5.71 Å². The molecule has 0 heterocycles. The molecule has 7 N–H and O–H groups in total. The molecule has 4 rings (SSSR count). The van der Waals surface area contributed by atoms with Gasteiger partial charge in [-0.3, -0.25) is 5.43 Å². The summed E-state index contributed by atoms with van der Waals surface area (Å²) in [5.74, 6) is -0.866. The van der Waals surface area contributed by atoms with Gasteiger partial charge < -0.3 is 26.2 Å². The second-order valence-corrected chi connectivity index (χ2v) is 10.0. The van der Waals surface area contributed by atoms with Gasteiger partial charge in [0.1, 0.15) is 23.0 Å². The van der Waals surface area contributed by atoms with Crippen molar-refractivity contribution in [2.75, 3.05) is 0 Å². The zero-order chi connectivity index (χ0) is 26.0. The van der Waals surface area contributed by atoms with Gasteiger partial charge in [0.25, 0.3) is 0 Å². The summed E-state index contributed by atoms with van der Waals surface area (Å²) in [4.78, 5) is 0. The summed E-state index contributed by atoms with van der Waals surface area (Å²) in [7, 11) is 0. The van der Waals surface area contributed by atoms with Gasteiger partial charge in [-0.2, -0.15) is 5.10 Å². The van der Waals surface area contributed by atoms with E-state index in [1.54, 1.807) is 36.4 Å². The number of hydrogen-bond donors (Lipinski definition) is 6. The van der Waals surface area contributed by atoms with Crippen LogP contribution in [0.2, 0.25) is 0 Å². The number of aromatic hydroxyl groups is 4. The van der Waals surface area contributed by atoms with Gasteiger partial charge >= 0.3 is 0 Å². The Morgan fingerprint density at radius 1 is 0.722 bits per heavy atom. The largest absolute Gasteiger partial charge is 0.508 e. The lowest BCUT2D eigenvalue weighted by Crippen LogP contribution is -2.26. The fourth-order valence-corrected chi connectivity index (χ4v) is 4.71. The number of nitrogens with zero attached hydrogens (tertiary/aromatic N) is 1. The summed E-state index contributed by atoms with van der Waals surface area (Å²) in [6, 6.07) is 19.7. The van der Waals surface area contributed by atoms with E-state index in [-0.39, 0.29) is 44.9 Å². The predicted molar refractivity (Wildman–Crippen MR) is 151 cm³/mol. The minimum Gasteiger partial charge on any atom is -0.508 e. The lowest BCUT2D eigenvalue weighted by molar-refractivity contribution is 0.451. The lowest BCUT2D eigenvalue weighted by atomic mass is 9.88. The molecule has 0 aromatic heterocycles. The molecule has 0 atom stereocenters. The minimum atomic E-state index is -0.224. The van der Waals surface area contributed by atoms with Gasteiger partial charge in [-0.05, 0) is 59.7 Å². The molecule has 4 aromatic rings. The first kappa shape index (κ1) is 25.5. The molecular formula is C26H19Br2N3O4S. The molecule has 7 nitrogen and oxygen atoms in total. The van der Waals surface area contributed by atoms with Crippen molar-refractivity contribution >= 4 is 54.9 Å². The van der Waals surface area contributed by atoms with Gasteiger partial charge in [0.2, 0.25) is 0 Å². The van der Waals surface area contributed by atoms with Crippen LogP contribution in [0.4, 0.5) is 0 Å². The zero-order valence-corrected chi connectivity index (χ0v) is 22.4. The highest BCUT2D eigenvalue weighted by atomic mass is 79.9. The van der Waals surface area contributed by atoms with Crippen LogP contribution in [0.5, 0.6) is 23.0 Å². The van der Waals surface area contributed by atoms with Crippen LogP contribution < -0.4 is 11.2 Å². The molecule has 4 aromatic carbocycles. The number of benzene rings is 4. The number of halogens is 2. The molecule has 0 aliphatic carbocycles. The summed E-state index contributed by atoms with van der Waals surface area (Å²) in [5.41, 5.74) is 10.9. The monoisotopic (exact) mass is 627 g/mol. The summed E-state index contributed by atoms with van der Waals surface area (Å²) in [6.07, 6.45) is 0. The first-order chi connectivity index (χ1) is 17.1. The van der Waals surface area contributed by atoms with E-state index < -0.39 is 0 Å². The van der Waals surface area contributed by atoms with Crippen LogP contribution >= 0.6 is 44.1 Å². The van der Waals surface area contributed by atoms with E-state index in [2.05, 4.69) is 42.4 Å². The van der Waals surface area contributed by atoms with E-state index in [1.807, 2.05) is 12.1 Å². The predicted octanol–water partition coefficient (Wildman–Crippen LogP) is 5.95. The molecule has 0 aliphatic heterocycles. The van der Waals surface area contributed by atoms with Crippen LogP contribution in [-0.4, -0.2) is 31.3 Å². The second kappa shape index (κ2) is 10.6. The molecule has 36 heavy (non-hydrogen) atoms. The fraction of sp³-hybridized carbons (Fsp3) is 0. The Morgan fingerprint density at radius 3 is 1.56 bits per heavy atom. The normalized spacial score (nSPS) is 10.6. The third kappa shape index (κ3) is 5.46. The highest BCUT2D eigenvalue weighted by Gasteiger charge is 2.24. The molecule has 0 amide bonds. The van der Waals surface area contributed by atoms with Crippen molar-refractivity contribution in [3.8, 4) is 45.3 Å². The molecular weight excluding hydrogens is 610 g/mol. The first-order valence-electron chi connectivity index (χ1n) is 10.4. The maximum absolute atomic E-state index is 10.9. The minimum absolute atomic E-state index is 0.130. The molecule has 0 saturated carbocycles. The number of phenolic OH excluding ortho intramolecular Hbond substituents is 4. The quantitative estimate of drug-likeness (QED) is 0.0914. The molecule has 0 unspecified atom stereocenters.